The number of rotatable bonds is 16. The van der Waals surface area contributed by atoms with Gasteiger partial charge in [0.1, 0.15) is 18.8 Å². The van der Waals surface area contributed by atoms with Crippen LogP contribution in [0.2, 0.25) is 0 Å². The summed E-state index contributed by atoms with van der Waals surface area (Å²) in [6.45, 7) is 14.1. The standard InChI is InChI=1S/C19H29O7P.C12H25O6P/c1-13(2)25-27(21,26-14(3)4)18-11-16(22-5)17(24-18)12-23-19(20)15-9-7-6-8-10-15;1-8(2)17-19(14,18-9(3)4)12-6-10(15-5)11(7-13)16-12/h6-10,13-14,16-18H,11-12H2,1-5H3;8-13H,6-7H2,1-5H3/t16-,17+,18-;10-,11+,12-/m00/s1. The summed E-state index contributed by atoms with van der Waals surface area (Å²) in [6, 6.07) is 8.70. The molecular weight excluding hydrogens is 642 g/mol. The predicted octanol–water partition coefficient (Wildman–Crippen LogP) is 6.17. The summed E-state index contributed by atoms with van der Waals surface area (Å²) >= 11 is 0. The molecule has 1 N–H and O–H groups in total. The highest BCUT2D eigenvalue weighted by Gasteiger charge is 2.49. The van der Waals surface area contributed by atoms with Gasteiger partial charge in [0, 0.05) is 27.1 Å². The molecule has 0 spiro atoms. The van der Waals surface area contributed by atoms with E-state index in [0.717, 1.165) is 0 Å². The van der Waals surface area contributed by atoms with Crippen molar-refractivity contribution < 1.29 is 60.8 Å². The molecule has 1 aromatic carbocycles. The summed E-state index contributed by atoms with van der Waals surface area (Å²) in [6.07, 6.45) is -2.03. The second-order valence-corrected chi connectivity index (χ2v) is 16.3. The molecule has 2 heterocycles. The lowest BCUT2D eigenvalue weighted by Gasteiger charge is -2.27. The minimum absolute atomic E-state index is 0.00785. The van der Waals surface area contributed by atoms with E-state index in [1.165, 1.54) is 7.11 Å². The van der Waals surface area contributed by atoms with E-state index in [4.69, 9.17) is 41.8 Å². The fourth-order valence-corrected chi connectivity index (χ4v) is 9.45. The second kappa shape index (κ2) is 19.1. The molecule has 2 aliphatic heterocycles. The maximum absolute atomic E-state index is 13.3. The van der Waals surface area contributed by atoms with Gasteiger partial charge in [0.25, 0.3) is 0 Å². The lowest BCUT2D eigenvalue weighted by molar-refractivity contribution is -0.0372. The van der Waals surface area contributed by atoms with Gasteiger partial charge in [-0.3, -0.25) is 9.13 Å². The first kappa shape index (κ1) is 41.0. The van der Waals surface area contributed by atoms with E-state index < -0.39 is 45.1 Å². The monoisotopic (exact) mass is 696 g/mol. The van der Waals surface area contributed by atoms with Crippen LogP contribution in [0, 0.1) is 0 Å². The molecule has 2 aliphatic rings. The molecule has 0 unspecified atom stereocenters. The molecule has 15 heteroatoms. The van der Waals surface area contributed by atoms with Gasteiger partial charge < -0.3 is 46.9 Å². The molecule has 6 atom stereocenters. The zero-order valence-corrected chi connectivity index (χ0v) is 30.5. The molecule has 3 rings (SSSR count). The highest BCUT2D eigenvalue weighted by molar-refractivity contribution is 7.54. The second-order valence-electron chi connectivity index (χ2n) is 12.1. The quantitative estimate of drug-likeness (QED) is 0.155. The minimum atomic E-state index is -3.52. The van der Waals surface area contributed by atoms with Crippen LogP contribution in [0.4, 0.5) is 0 Å². The number of hydrogen-bond acceptors (Lipinski definition) is 13. The van der Waals surface area contributed by atoms with Crippen molar-refractivity contribution in [3.63, 3.8) is 0 Å². The molecule has 0 aliphatic carbocycles. The Morgan fingerprint density at radius 1 is 0.739 bits per heavy atom. The van der Waals surface area contributed by atoms with Crippen molar-refractivity contribution in [2.75, 3.05) is 27.4 Å². The largest absolute Gasteiger partial charge is 0.459 e. The van der Waals surface area contributed by atoms with Crippen molar-refractivity contribution >= 4 is 21.2 Å². The Hall–Kier alpha value is -1.21. The molecule has 0 aromatic heterocycles. The van der Waals surface area contributed by atoms with Crippen molar-refractivity contribution in [2.24, 2.45) is 0 Å². The molecule has 2 saturated heterocycles. The first-order chi connectivity index (χ1) is 21.6. The van der Waals surface area contributed by atoms with E-state index in [2.05, 4.69) is 0 Å². The number of methoxy groups -OCH3 is 2. The topological polar surface area (TPSA) is 155 Å². The summed E-state index contributed by atoms with van der Waals surface area (Å²) in [7, 11) is -3.83. The number of benzene rings is 1. The van der Waals surface area contributed by atoms with Crippen LogP contribution in [0.15, 0.2) is 30.3 Å². The Kier molecular flexibility index (Phi) is 17.0. The summed E-state index contributed by atoms with van der Waals surface area (Å²) in [4.78, 5) is 12.1. The number of ether oxygens (including phenoxy) is 5. The third-order valence-corrected chi connectivity index (χ3v) is 11.6. The van der Waals surface area contributed by atoms with Crippen LogP contribution in [0.5, 0.6) is 0 Å². The maximum Gasteiger partial charge on any atom is 0.359 e. The van der Waals surface area contributed by atoms with Gasteiger partial charge in [0.05, 0.1) is 48.8 Å². The van der Waals surface area contributed by atoms with Gasteiger partial charge in [-0.15, -0.1) is 0 Å². The number of carbonyl (C=O) groups excluding carboxylic acids is 1. The predicted molar refractivity (Wildman–Crippen MR) is 172 cm³/mol. The van der Waals surface area contributed by atoms with Crippen LogP contribution >= 0.6 is 15.2 Å². The molecule has 266 valence electrons. The van der Waals surface area contributed by atoms with Crippen molar-refractivity contribution in [3.05, 3.63) is 35.9 Å². The van der Waals surface area contributed by atoms with Crippen LogP contribution < -0.4 is 0 Å². The molecule has 46 heavy (non-hydrogen) atoms. The van der Waals surface area contributed by atoms with E-state index in [-0.39, 0.29) is 49.8 Å². The third kappa shape index (κ3) is 12.3. The average Bonchev–Trinajstić information content (AvgIpc) is 3.60. The minimum Gasteiger partial charge on any atom is -0.459 e. The zero-order valence-electron chi connectivity index (χ0n) is 28.7. The molecule has 0 radical (unpaired) electrons. The summed E-state index contributed by atoms with van der Waals surface area (Å²) < 4.78 is 75.9. The normalized spacial score (nSPS) is 25.4. The Morgan fingerprint density at radius 3 is 1.48 bits per heavy atom. The van der Waals surface area contributed by atoms with Crippen molar-refractivity contribution in [1.82, 2.24) is 0 Å². The van der Waals surface area contributed by atoms with Gasteiger partial charge in [-0.05, 0) is 67.5 Å². The number of aliphatic hydroxyl groups is 1. The fraction of sp³-hybridized carbons (Fsp3) is 0.774. The fourth-order valence-electron chi connectivity index (χ4n) is 4.91. The lowest BCUT2D eigenvalue weighted by Crippen LogP contribution is -2.29. The SMILES string of the molecule is CO[C@H]1C[C@H](P(=O)(OC(C)C)OC(C)C)O[C@@H]1CO.CO[C@H]1C[C@H](P(=O)(OC(C)C)OC(C)C)O[C@@H]1COC(=O)c1ccccc1. The zero-order chi connectivity index (χ0) is 34.7. The number of esters is 1. The van der Waals surface area contributed by atoms with Gasteiger partial charge in [0.2, 0.25) is 0 Å². The molecule has 0 bridgehead atoms. The number of carbonyl (C=O) groups is 1. The third-order valence-electron chi connectivity index (χ3n) is 6.67. The van der Waals surface area contributed by atoms with Gasteiger partial charge in [0.15, 0.2) is 11.7 Å². The summed E-state index contributed by atoms with van der Waals surface area (Å²) in [5, 5.41) is 9.24. The Bertz CT molecular complexity index is 1090. The smallest absolute Gasteiger partial charge is 0.359 e. The number of hydrogen-bond donors (Lipinski definition) is 1. The van der Waals surface area contributed by atoms with Crippen molar-refractivity contribution in [1.29, 1.82) is 0 Å². The first-order valence-corrected chi connectivity index (χ1v) is 18.9. The highest BCUT2D eigenvalue weighted by atomic mass is 31.2. The van der Waals surface area contributed by atoms with E-state index in [0.29, 0.717) is 18.4 Å². The van der Waals surface area contributed by atoms with E-state index in [1.54, 1.807) is 86.8 Å². The van der Waals surface area contributed by atoms with Crippen LogP contribution in [-0.4, -0.2) is 99.0 Å². The van der Waals surface area contributed by atoms with E-state index in [9.17, 15) is 19.0 Å². The average molecular weight is 697 g/mol. The Labute approximate surface area is 273 Å². The van der Waals surface area contributed by atoms with Crippen LogP contribution in [-0.2, 0) is 50.9 Å². The van der Waals surface area contributed by atoms with Gasteiger partial charge in [-0.1, -0.05) is 18.2 Å². The summed E-state index contributed by atoms with van der Waals surface area (Å²) in [5.74, 6) is -1.91. The number of aliphatic hydroxyl groups excluding tert-OH is 1. The molecule has 0 amide bonds. The van der Waals surface area contributed by atoms with Gasteiger partial charge >= 0.3 is 21.2 Å². The molecule has 0 saturated carbocycles. The molecular formula is C31H54O13P2. The van der Waals surface area contributed by atoms with Crippen LogP contribution in [0.3, 0.4) is 0 Å². The molecule has 2 fully saturated rings. The lowest BCUT2D eigenvalue weighted by atomic mass is 10.2. The van der Waals surface area contributed by atoms with Crippen molar-refractivity contribution in [2.45, 2.75) is 129 Å². The Balaban J connectivity index is 0.000000341. The van der Waals surface area contributed by atoms with Crippen LogP contribution in [0.25, 0.3) is 0 Å². The highest BCUT2D eigenvalue weighted by Crippen LogP contribution is 2.60. The van der Waals surface area contributed by atoms with Gasteiger partial charge in [-0.25, -0.2) is 4.79 Å². The van der Waals surface area contributed by atoms with Crippen LogP contribution in [0.1, 0.15) is 78.6 Å². The molecule has 1 aromatic rings. The van der Waals surface area contributed by atoms with Gasteiger partial charge in [-0.2, -0.15) is 0 Å². The van der Waals surface area contributed by atoms with Crippen molar-refractivity contribution in [3.8, 4) is 0 Å². The Morgan fingerprint density at radius 2 is 1.13 bits per heavy atom. The van der Waals surface area contributed by atoms with E-state index in [1.807, 2.05) is 6.07 Å². The maximum atomic E-state index is 13.3. The first-order valence-electron chi connectivity index (χ1n) is 15.7. The summed E-state index contributed by atoms with van der Waals surface area (Å²) in [5.41, 5.74) is 0.456. The van der Waals surface area contributed by atoms with E-state index >= 15 is 0 Å². The molecule has 13 nitrogen and oxygen atoms in total.